The van der Waals surface area contributed by atoms with Crippen molar-refractivity contribution in [2.24, 2.45) is 29.1 Å². The van der Waals surface area contributed by atoms with E-state index in [9.17, 15) is 9.59 Å². The molecule has 1 spiro atoms. The molecule has 0 N–H and O–H groups in total. The van der Waals surface area contributed by atoms with Gasteiger partial charge in [0.25, 0.3) is 0 Å². The number of amides is 2. The topological polar surface area (TPSA) is 37.4 Å². The molecule has 0 radical (unpaired) electrons. The Labute approximate surface area is 131 Å². The van der Waals surface area contributed by atoms with E-state index in [1.807, 2.05) is 24.3 Å². The van der Waals surface area contributed by atoms with Gasteiger partial charge in [0, 0.05) is 4.47 Å². The molecule has 4 heteroatoms. The second-order valence-electron chi connectivity index (χ2n) is 6.71. The van der Waals surface area contributed by atoms with Crippen molar-refractivity contribution in [1.29, 1.82) is 0 Å². The summed E-state index contributed by atoms with van der Waals surface area (Å²) in [6.07, 6.45) is 6.77. The highest BCUT2D eigenvalue weighted by atomic mass is 79.9. The summed E-state index contributed by atoms with van der Waals surface area (Å²) in [6, 6.07) is 7.45. The molecule has 4 atom stereocenters. The van der Waals surface area contributed by atoms with Crippen LogP contribution in [0.25, 0.3) is 0 Å². The third-order valence-corrected chi connectivity index (χ3v) is 6.41. The fraction of sp³-hybridized carbons (Fsp3) is 0.412. The summed E-state index contributed by atoms with van der Waals surface area (Å²) in [4.78, 5) is 27.2. The van der Waals surface area contributed by atoms with Crippen molar-refractivity contribution in [2.75, 3.05) is 4.90 Å². The van der Waals surface area contributed by atoms with Crippen LogP contribution in [0.5, 0.6) is 0 Å². The molecule has 1 aliphatic heterocycles. The Balaban J connectivity index is 1.59. The average molecular weight is 344 g/mol. The summed E-state index contributed by atoms with van der Waals surface area (Å²) in [6.45, 7) is 0. The molecule has 21 heavy (non-hydrogen) atoms. The van der Waals surface area contributed by atoms with Gasteiger partial charge in [-0.1, -0.05) is 34.1 Å². The van der Waals surface area contributed by atoms with E-state index in [-0.39, 0.29) is 29.1 Å². The van der Waals surface area contributed by atoms with Crippen molar-refractivity contribution in [3.8, 4) is 0 Å². The quantitative estimate of drug-likeness (QED) is 0.580. The van der Waals surface area contributed by atoms with Gasteiger partial charge in [0.2, 0.25) is 11.8 Å². The second-order valence-corrected chi connectivity index (χ2v) is 7.63. The van der Waals surface area contributed by atoms with Crippen LogP contribution in [0.15, 0.2) is 40.9 Å². The number of carbonyl (C=O) groups excluding carboxylic acids is 2. The van der Waals surface area contributed by atoms with Crippen LogP contribution in [0, 0.1) is 29.1 Å². The van der Waals surface area contributed by atoms with E-state index < -0.39 is 0 Å². The monoisotopic (exact) mass is 343 g/mol. The standard InChI is InChI=1S/C17H14BrNO2/c18-9-2-1-3-10(8-9)19-15(20)13-11-4-5-12(14(13)16(19)21)17(11)6-7-17/h1-5,8,11-14H,6-7H2/t11-,12+,13-,14+. The highest BCUT2D eigenvalue weighted by molar-refractivity contribution is 9.10. The van der Waals surface area contributed by atoms with Crippen LogP contribution in [0.3, 0.4) is 0 Å². The number of rotatable bonds is 1. The van der Waals surface area contributed by atoms with E-state index in [1.54, 1.807) is 0 Å². The first-order chi connectivity index (χ1) is 10.1. The molecular formula is C17H14BrNO2. The molecule has 1 aromatic carbocycles. The third-order valence-electron chi connectivity index (χ3n) is 5.92. The first-order valence-electron chi connectivity index (χ1n) is 7.45. The van der Waals surface area contributed by atoms with Gasteiger partial charge in [-0.3, -0.25) is 9.59 Å². The number of benzene rings is 1. The minimum absolute atomic E-state index is 0.00576. The van der Waals surface area contributed by atoms with Crippen LogP contribution in [0.4, 0.5) is 5.69 Å². The molecule has 4 aliphatic rings. The van der Waals surface area contributed by atoms with Gasteiger partial charge in [0.15, 0.2) is 0 Å². The lowest BCUT2D eigenvalue weighted by Gasteiger charge is -2.21. The summed E-state index contributed by atoms with van der Waals surface area (Å²) in [5.41, 5.74) is 0.960. The third kappa shape index (κ3) is 1.30. The Morgan fingerprint density at radius 3 is 2.19 bits per heavy atom. The second kappa shape index (κ2) is 3.67. The molecule has 2 saturated carbocycles. The summed E-state index contributed by atoms with van der Waals surface area (Å²) >= 11 is 3.41. The van der Waals surface area contributed by atoms with Crippen LogP contribution >= 0.6 is 15.9 Å². The maximum atomic E-state index is 12.9. The molecule has 1 aromatic rings. The van der Waals surface area contributed by atoms with Crippen LogP contribution < -0.4 is 4.90 Å². The normalized spacial score (nSPS) is 37.7. The maximum absolute atomic E-state index is 12.9. The van der Waals surface area contributed by atoms with Gasteiger partial charge >= 0.3 is 0 Å². The van der Waals surface area contributed by atoms with Crippen LogP contribution in [-0.4, -0.2) is 11.8 Å². The number of fused-ring (bicyclic) bond motifs is 3. The van der Waals surface area contributed by atoms with Gasteiger partial charge in [-0.05, 0) is 48.3 Å². The number of halogens is 1. The zero-order valence-electron chi connectivity index (χ0n) is 11.3. The number of hydrogen-bond donors (Lipinski definition) is 0. The molecular weight excluding hydrogens is 330 g/mol. The van der Waals surface area contributed by atoms with E-state index in [0.29, 0.717) is 17.5 Å². The van der Waals surface area contributed by atoms with Crippen LogP contribution in [-0.2, 0) is 9.59 Å². The number of anilines is 1. The zero-order chi connectivity index (χ0) is 14.4. The highest BCUT2D eigenvalue weighted by Crippen LogP contribution is 2.73. The van der Waals surface area contributed by atoms with E-state index in [2.05, 4.69) is 28.1 Å². The Kier molecular flexibility index (Phi) is 2.12. The molecule has 1 heterocycles. The summed E-state index contributed by atoms with van der Waals surface area (Å²) in [5, 5.41) is 0. The highest BCUT2D eigenvalue weighted by Gasteiger charge is 2.73. The maximum Gasteiger partial charge on any atom is 0.238 e. The predicted molar refractivity (Wildman–Crippen MR) is 81.4 cm³/mol. The fourth-order valence-electron chi connectivity index (χ4n) is 4.95. The van der Waals surface area contributed by atoms with Crippen molar-refractivity contribution in [3.05, 3.63) is 40.9 Å². The summed E-state index contributed by atoms with van der Waals surface area (Å²) in [5.74, 6) is 0.364. The van der Waals surface area contributed by atoms with Gasteiger partial charge in [0.05, 0.1) is 17.5 Å². The first-order valence-corrected chi connectivity index (χ1v) is 8.24. The zero-order valence-corrected chi connectivity index (χ0v) is 12.9. The van der Waals surface area contributed by atoms with Crippen molar-refractivity contribution >= 4 is 33.4 Å². The molecule has 0 unspecified atom stereocenters. The van der Waals surface area contributed by atoms with E-state index in [1.165, 1.54) is 17.7 Å². The van der Waals surface area contributed by atoms with Gasteiger partial charge in [-0.25, -0.2) is 4.90 Å². The number of carbonyl (C=O) groups is 2. The Morgan fingerprint density at radius 2 is 1.67 bits per heavy atom. The minimum Gasteiger partial charge on any atom is -0.274 e. The van der Waals surface area contributed by atoms with Gasteiger partial charge in [-0.2, -0.15) is 0 Å². The number of imide groups is 1. The summed E-state index contributed by atoms with van der Waals surface area (Å²) in [7, 11) is 0. The van der Waals surface area contributed by atoms with E-state index >= 15 is 0 Å². The summed E-state index contributed by atoms with van der Waals surface area (Å²) < 4.78 is 0.886. The predicted octanol–water partition coefficient (Wildman–Crippen LogP) is 3.15. The Hall–Kier alpha value is -1.42. The largest absolute Gasteiger partial charge is 0.274 e. The van der Waals surface area contributed by atoms with Gasteiger partial charge in [-0.15, -0.1) is 0 Å². The van der Waals surface area contributed by atoms with Crippen molar-refractivity contribution in [2.45, 2.75) is 12.8 Å². The average Bonchev–Trinajstić information content (AvgIpc) is 3.05. The van der Waals surface area contributed by atoms with E-state index in [4.69, 9.17) is 0 Å². The molecule has 1 saturated heterocycles. The molecule has 3 aliphatic carbocycles. The minimum atomic E-state index is -0.117. The Bertz CT molecular complexity index is 687. The fourth-order valence-corrected chi connectivity index (χ4v) is 5.34. The van der Waals surface area contributed by atoms with Crippen LogP contribution in [0.1, 0.15) is 12.8 Å². The molecule has 5 rings (SSSR count). The van der Waals surface area contributed by atoms with E-state index in [0.717, 1.165) is 4.47 Å². The molecule has 3 nitrogen and oxygen atoms in total. The van der Waals surface area contributed by atoms with Gasteiger partial charge < -0.3 is 0 Å². The van der Waals surface area contributed by atoms with Crippen molar-refractivity contribution in [3.63, 3.8) is 0 Å². The number of nitrogens with zero attached hydrogens (tertiary/aromatic N) is 1. The van der Waals surface area contributed by atoms with Crippen molar-refractivity contribution < 1.29 is 9.59 Å². The lowest BCUT2D eigenvalue weighted by molar-refractivity contribution is -0.123. The van der Waals surface area contributed by atoms with Gasteiger partial charge in [0.1, 0.15) is 0 Å². The SMILES string of the molecule is O=C1[C@@H]2[C@H](C(=O)N1c1cccc(Br)c1)[C@H]1C=C[C@@H]2C12CC2. The molecule has 0 aromatic heterocycles. The smallest absolute Gasteiger partial charge is 0.238 e. The molecule has 3 fully saturated rings. The molecule has 2 amide bonds. The molecule has 106 valence electrons. The lowest BCUT2D eigenvalue weighted by atomic mass is 9.85. The van der Waals surface area contributed by atoms with Crippen molar-refractivity contribution in [1.82, 2.24) is 0 Å². The number of hydrogen-bond acceptors (Lipinski definition) is 2. The Morgan fingerprint density at radius 1 is 1.05 bits per heavy atom. The number of allylic oxidation sites excluding steroid dienone is 2. The van der Waals surface area contributed by atoms with Crippen LogP contribution in [0.2, 0.25) is 0 Å². The molecule has 2 bridgehead atoms. The lowest BCUT2D eigenvalue weighted by Crippen LogP contribution is -2.34. The first kappa shape index (κ1) is 12.2.